The summed E-state index contributed by atoms with van der Waals surface area (Å²) in [6.45, 7) is 0.400. The molecule has 29 heavy (non-hydrogen) atoms. The second-order valence-electron chi connectivity index (χ2n) is 7.17. The van der Waals surface area contributed by atoms with E-state index in [1.54, 1.807) is 54.4 Å². The molecule has 0 aliphatic carbocycles. The van der Waals surface area contributed by atoms with E-state index in [4.69, 9.17) is 22.8 Å². The number of carbonyl (C=O) groups is 1. The van der Waals surface area contributed by atoms with Crippen LogP contribution in [-0.4, -0.2) is 42.0 Å². The molecule has 1 saturated heterocycles. The minimum Gasteiger partial charge on any atom is -0.479 e. The van der Waals surface area contributed by atoms with Crippen LogP contribution < -0.4 is 10.1 Å². The maximum Gasteiger partial charge on any atom is 0.256 e. The number of hydrogen-bond acceptors (Lipinski definition) is 5. The number of likely N-dealkylation sites (tertiary alicyclic amines) is 1. The Morgan fingerprint density at radius 2 is 2.17 bits per heavy atom. The highest BCUT2D eigenvalue weighted by Crippen LogP contribution is 2.52. The monoisotopic (exact) mass is 411 g/mol. The first-order valence-electron chi connectivity index (χ1n) is 9.02. The first-order chi connectivity index (χ1) is 13.9. The minimum atomic E-state index is -1.38. The molecule has 4 rings (SSSR count). The molecule has 1 spiro atoms. The molecule has 2 heterocycles. The number of nitrogens with one attached hydrogen (secondary N) is 1. The molecule has 0 radical (unpaired) electrons. The molecule has 0 saturated carbocycles. The summed E-state index contributed by atoms with van der Waals surface area (Å²) < 4.78 is 5.38. The SMILES string of the molecule is C#CCOc1ccc([C@@H]2CN(C)[C@]3(C(=O)Nc4ccccc43)[C@H]2[N+](=O)[O-])cc1Cl. The Kier molecular flexibility index (Phi) is 4.69. The molecule has 1 N–H and O–H groups in total. The van der Waals surface area contributed by atoms with Gasteiger partial charge >= 0.3 is 0 Å². The van der Waals surface area contributed by atoms with Crippen LogP contribution in [0.3, 0.4) is 0 Å². The zero-order valence-electron chi connectivity index (χ0n) is 15.6. The number of para-hydroxylation sites is 1. The van der Waals surface area contributed by atoms with Gasteiger partial charge < -0.3 is 10.1 Å². The maximum absolute atomic E-state index is 13.1. The summed E-state index contributed by atoms with van der Waals surface area (Å²) >= 11 is 6.31. The Balaban J connectivity index is 1.80. The Hall–Kier alpha value is -3.08. The van der Waals surface area contributed by atoms with E-state index < -0.39 is 17.5 Å². The lowest BCUT2D eigenvalue weighted by Gasteiger charge is -2.30. The van der Waals surface area contributed by atoms with E-state index >= 15 is 0 Å². The molecule has 2 aromatic rings. The Morgan fingerprint density at radius 3 is 2.86 bits per heavy atom. The number of benzene rings is 2. The van der Waals surface area contributed by atoms with Crippen molar-refractivity contribution in [3.8, 4) is 18.1 Å². The number of halogens is 1. The van der Waals surface area contributed by atoms with Crippen molar-refractivity contribution in [1.29, 1.82) is 0 Å². The Labute approximate surface area is 172 Å². The van der Waals surface area contributed by atoms with Crippen molar-refractivity contribution < 1.29 is 14.5 Å². The fraction of sp³-hybridized carbons (Fsp3) is 0.286. The second kappa shape index (κ2) is 7.07. The topological polar surface area (TPSA) is 84.7 Å². The lowest BCUT2D eigenvalue weighted by Crippen LogP contribution is -2.54. The van der Waals surface area contributed by atoms with Crippen molar-refractivity contribution in [3.63, 3.8) is 0 Å². The smallest absolute Gasteiger partial charge is 0.256 e. The van der Waals surface area contributed by atoms with Gasteiger partial charge in [-0.3, -0.25) is 19.8 Å². The highest BCUT2D eigenvalue weighted by atomic mass is 35.5. The summed E-state index contributed by atoms with van der Waals surface area (Å²) in [5.74, 6) is 1.86. The largest absolute Gasteiger partial charge is 0.479 e. The van der Waals surface area contributed by atoms with E-state index in [0.717, 1.165) is 0 Å². The maximum atomic E-state index is 13.1. The van der Waals surface area contributed by atoms with Crippen LogP contribution >= 0.6 is 11.6 Å². The molecule has 2 aliphatic heterocycles. The van der Waals surface area contributed by atoms with Gasteiger partial charge in [0.1, 0.15) is 12.4 Å². The van der Waals surface area contributed by atoms with Gasteiger partial charge in [0.25, 0.3) is 11.9 Å². The third-order valence-corrected chi connectivity index (χ3v) is 6.03. The molecule has 7 nitrogen and oxygen atoms in total. The van der Waals surface area contributed by atoms with Crippen LogP contribution in [0.5, 0.6) is 5.75 Å². The van der Waals surface area contributed by atoms with Crippen LogP contribution in [0, 0.1) is 22.5 Å². The zero-order chi connectivity index (χ0) is 20.8. The Bertz CT molecular complexity index is 1050. The first kappa shape index (κ1) is 19.2. The molecule has 3 atom stereocenters. The van der Waals surface area contributed by atoms with Gasteiger partial charge in [0.05, 0.1) is 10.9 Å². The van der Waals surface area contributed by atoms with Gasteiger partial charge in [0, 0.05) is 22.7 Å². The van der Waals surface area contributed by atoms with E-state index in [-0.39, 0.29) is 17.4 Å². The van der Waals surface area contributed by atoms with Gasteiger partial charge in [-0.2, -0.15) is 0 Å². The molecule has 1 fully saturated rings. The summed E-state index contributed by atoms with van der Waals surface area (Å²) in [7, 11) is 1.74. The normalized spacial score (nSPS) is 25.5. The Morgan fingerprint density at radius 1 is 1.41 bits per heavy atom. The van der Waals surface area contributed by atoms with Crippen LogP contribution in [0.15, 0.2) is 42.5 Å². The van der Waals surface area contributed by atoms with Gasteiger partial charge in [-0.25, -0.2) is 0 Å². The first-order valence-corrected chi connectivity index (χ1v) is 9.40. The number of nitro groups is 1. The molecular weight excluding hydrogens is 394 g/mol. The van der Waals surface area contributed by atoms with Gasteiger partial charge in [-0.05, 0) is 30.8 Å². The van der Waals surface area contributed by atoms with E-state index in [1.165, 1.54) is 0 Å². The van der Waals surface area contributed by atoms with Crippen LogP contribution in [0.25, 0.3) is 0 Å². The van der Waals surface area contributed by atoms with Crippen molar-refractivity contribution in [2.24, 2.45) is 0 Å². The van der Waals surface area contributed by atoms with Gasteiger partial charge in [-0.1, -0.05) is 41.8 Å². The number of hydrogen-bond donors (Lipinski definition) is 1. The molecule has 1 amide bonds. The summed E-state index contributed by atoms with van der Waals surface area (Å²) in [5, 5.41) is 15.4. The average Bonchev–Trinajstić information content (AvgIpc) is 3.17. The molecule has 0 unspecified atom stereocenters. The lowest BCUT2D eigenvalue weighted by atomic mass is 9.79. The fourth-order valence-corrected chi connectivity index (χ4v) is 4.81. The number of likely N-dealkylation sites (N-methyl/N-ethyl adjacent to an activating group) is 1. The molecular formula is C21H18ClN3O4. The number of nitrogens with zero attached hydrogens (tertiary/aromatic N) is 2. The number of rotatable bonds is 4. The summed E-state index contributed by atoms with van der Waals surface area (Å²) in [5.41, 5.74) is 0.519. The number of carbonyl (C=O) groups excluding carboxylic acids is 1. The van der Waals surface area contributed by atoms with Crippen LogP contribution in [0.1, 0.15) is 17.0 Å². The van der Waals surface area contributed by atoms with E-state index in [1.807, 2.05) is 0 Å². The van der Waals surface area contributed by atoms with E-state index in [0.29, 0.717) is 34.1 Å². The number of amides is 1. The third kappa shape index (κ3) is 2.76. The minimum absolute atomic E-state index is 0.0722. The molecule has 8 heteroatoms. The molecule has 0 bridgehead atoms. The third-order valence-electron chi connectivity index (χ3n) is 5.74. The zero-order valence-corrected chi connectivity index (χ0v) is 16.3. The van der Waals surface area contributed by atoms with E-state index in [9.17, 15) is 14.9 Å². The predicted octanol–water partition coefficient (Wildman–Crippen LogP) is 2.87. The van der Waals surface area contributed by atoms with Crippen molar-refractivity contribution in [3.05, 3.63) is 68.7 Å². The number of ether oxygens (including phenoxy) is 1. The number of terminal acetylenes is 1. The van der Waals surface area contributed by atoms with Gasteiger partial charge in [0.2, 0.25) is 0 Å². The summed E-state index contributed by atoms with van der Waals surface area (Å²) in [6, 6.07) is 11.0. The fourth-order valence-electron chi connectivity index (χ4n) is 4.56. The van der Waals surface area contributed by atoms with Crippen molar-refractivity contribution in [2.45, 2.75) is 17.5 Å². The van der Waals surface area contributed by atoms with Crippen molar-refractivity contribution in [2.75, 3.05) is 25.5 Å². The predicted molar refractivity (Wildman–Crippen MR) is 109 cm³/mol. The highest BCUT2D eigenvalue weighted by Gasteiger charge is 2.68. The average molecular weight is 412 g/mol. The molecule has 0 aromatic heterocycles. The summed E-state index contributed by atoms with van der Waals surface area (Å²) in [4.78, 5) is 26.7. The van der Waals surface area contributed by atoms with Crippen LogP contribution in [-0.2, 0) is 10.3 Å². The van der Waals surface area contributed by atoms with Crippen molar-refractivity contribution >= 4 is 23.2 Å². The number of anilines is 1. The standard InChI is InChI=1S/C21H18ClN3O4/c1-3-10-29-18-9-8-13(11-16(18)22)14-12-24(2)21(19(14)25(27)28)15-6-4-5-7-17(15)23-20(21)26/h1,4-9,11,14,19H,10,12H2,2H3,(H,23,26)/t14-,19-,21-/m0/s1. The van der Waals surface area contributed by atoms with Crippen LogP contribution in [0.4, 0.5) is 5.69 Å². The molecule has 148 valence electrons. The molecule has 2 aliphatic rings. The summed E-state index contributed by atoms with van der Waals surface area (Å²) in [6.07, 6.45) is 5.20. The highest BCUT2D eigenvalue weighted by molar-refractivity contribution is 6.32. The quantitative estimate of drug-likeness (QED) is 0.475. The van der Waals surface area contributed by atoms with Crippen LogP contribution in [0.2, 0.25) is 5.02 Å². The lowest BCUT2D eigenvalue weighted by molar-refractivity contribution is -0.534. The second-order valence-corrected chi connectivity index (χ2v) is 7.57. The molecule has 2 aromatic carbocycles. The van der Waals surface area contributed by atoms with Gasteiger partial charge in [-0.15, -0.1) is 6.42 Å². The van der Waals surface area contributed by atoms with Gasteiger partial charge in [0.15, 0.2) is 5.54 Å². The van der Waals surface area contributed by atoms with Crippen molar-refractivity contribution in [1.82, 2.24) is 4.90 Å². The number of fused-ring (bicyclic) bond motifs is 2. The van der Waals surface area contributed by atoms with E-state index in [2.05, 4.69) is 11.2 Å².